The van der Waals surface area contributed by atoms with Gasteiger partial charge >= 0.3 is 0 Å². The Bertz CT molecular complexity index is 708. The molecule has 0 atom stereocenters. The lowest BCUT2D eigenvalue weighted by Crippen LogP contribution is -2.05. The van der Waals surface area contributed by atoms with Crippen molar-refractivity contribution in [2.45, 2.75) is 13.5 Å². The smallest absolute Gasteiger partial charge is 0.175 e. The number of methoxy groups -OCH3 is 1. The summed E-state index contributed by atoms with van der Waals surface area (Å²) in [6.45, 7) is 3.41. The summed E-state index contributed by atoms with van der Waals surface area (Å²) < 4.78 is 17.4. The number of rotatable bonds is 8. The Morgan fingerprint density at radius 2 is 1.92 bits per heavy atom. The van der Waals surface area contributed by atoms with Gasteiger partial charge < -0.3 is 19.5 Å². The van der Waals surface area contributed by atoms with E-state index in [9.17, 15) is 0 Å². The quantitative estimate of drug-likeness (QED) is 0.493. The summed E-state index contributed by atoms with van der Waals surface area (Å²) in [6.07, 6.45) is 5.28. The summed E-state index contributed by atoms with van der Waals surface area (Å²) in [5.74, 6) is 4.73. The molecule has 0 radical (unpaired) electrons. The zero-order valence-corrected chi connectivity index (χ0v) is 15.9. The van der Waals surface area contributed by atoms with E-state index in [0.29, 0.717) is 24.7 Å². The lowest BCUT2D eigenvalue weighted by molar-refractivity contribution is 0.297. The van der Waals surface area contributed by atoms with Gasteiger partial charge in [-0.1, -0.05) is 5.92 Å². The van der Waals surface area contributed by atoms with Crippen molar-refractivity contribution in [3.63, 3.8) is 0 Å². The highest BCUT2D eigenvalue weighted by atomic mass is 127. The van der Waals surface area contributed by atoms with E-state index in [1.54, 1.807) is 7.11 Å². The minimum absolute atomic E-state index is 0.222. The molecule has 2 rings (SSSR count). The summed E-state index contributed by atoms with van der Waals surface area (Å²) in [5, 5.41) is 3.38. The Kier molecular flexibility index (Phi) is 7.07. The van der Waals surface area contributed by atoms with Crippen LogP contribution in [0.4, 0.5) is 5.69 Å². The van der Waals surface area contributed by atoms with E-state index in [1.807, 2.05) is 37.3 Å². The van der Waals surface area contributed by atoms with Crippen molar-refractivity contribution >= 4 is 28.3 Å². The van der Waals surface area contributed by atoms with E-state index in [4.69, 9.17) is 20.6 Å². The molecule has 0 spiro atoms. The average Bonchev–Trinajstić information content (AvgIpc) is 2.60. The molecule has 0 aliphatic carbocycles. The molecule has 0 amide bonds. The van der Waals surface area contributed by atoms with Crippen molar-refractivity contribution in [3.05, 3.63) is 45.5 Å². The van der Waals surface area contributed by atoms with Gasteiger partial charge in [0.25, 0.3) is 0 Å². The van der Waals surface area contributed by atoms with Crippen LogP contribution < -0.4 is 19.5 Å². The highest BCUT2D eigenvalue weighted by Gasteiger charge is 2.12. The topological polar surface area (TPSA) is 39.7 Å². The lowest BCUT2D eigenvalue weighted by atomic mass is 10.2. The first-order valence-corrected chi connectivity index (χ1v) is 8.65. The molecule has 0 heterocycles. The number of hydrogen-bond acceptors (Lipinski definition) is 4. The first kappa shape index (κ1) is 18.3. The minimum Gasteiger partial charge on any atom is -0.497 e. The monoisotopic (exact) mass is 437 g/mol. The van der Waals surface area contributed by atoms with Crippen LogP contribution in [-0.2, 0) is 6.54 Å². The Hall–Kier alpha value is -2.07. The van der Waals surface area contributed by atoms with Gasteiger partial charge in [0.05, 0.1) is 17.3 Å². The fourth-order valence-electron chi connectivity index (χ4n) is 2.15. The van der Waals surface area contributed by atoms with Crippen LogP contribution in [0.5, 0.6) is 17.2 Å². The van der Waals surface area contributed by atoms with Crippen molar-refractivity contribution < 1.29 is 14.2 Å². The normalized spacial score (nSPS) is 9.92. The Morgan fingerprint density at radius 1 is 1.17 bits per heavy atom. The van der Waals surface area contributed by atoms with Crippen LogP contribution in [0.1, 0.15) is 12.5 Å². The molecule has 5 heteroatoms. The van der Waals surface area contributed by atoms with Gasteiger partial charge in [-0.25, -0.2) is 0 Å². The molecule has 24 heavy (non-hydrogen) atoms. The molecule has 0 saturated heterocycles. The molecular weight excluding hydrogens is 417 g/mol. The van der Waals surface area contributed by atoms with Crippen molar-refractivity contribution in [1.82, 2.24) is 0 Å². The summed E-state index contributed by atoms with van der Waals surface area (Å²) >= 11 is 2.24. The largest absolute Gasteiger partial charge is 0.497 e. The number of terminal acetylenes is 1. The van der Waals surface area contributed by atoms with Crippen molar-refractivity contribution in [2.24, 2.45) is 0 Å². The molecule has 2 aromatic carbocycles. The molecule has 2 aromatic rings. The molecule has 0 bridgehead atoms. The van der Waals surface area contributed by atoms with Crippen molar-refractivity contribution in [3.8, 4) is 29.6 Å². The molecule has 0 fully saturated rings. The van der Waals surface area contributed by atoms with Gasteiger partial charge in [-0.05, 0) is 71.5 Å². The maximum Gasteiger partial charge on any atom is 0.175 e. The Morgan fingerprint density at radius 3 is 2.54 bits per heavy atom. The summed E-state index contributed by atoms with van der Waals surface area (Å²) in [5.41, 5.74) is 2.13. The van der Waals surface area contributed by atoms with Crippen LogP contribution >= 0.6 is 22.6 Å². The number of anilines is 1. The summed E-state index contributed by atoms with van der Waals surface area (Å²) in [4.78, 5) is 0. The zero-order valence-electron chi connectivity index (χ0n) is 13.8. The second kappa shape index (κ2) is 9.28. The van der Waals surface area contributed by atoms with Crippen LogP contribution in [0, 0.1) is 15.9 Å². The van der Waals surface area contributed by atoms with Crippen molar-refractivity contribution in [2.75, 3.05) is 25.6 Å². The third-order valence-electron chi connectivity index (χ3n) is 3.26. The SMILES string of the molecule is C#CCOc1c(I)cc(CNc2ccc(OC)cc2)cc1OCC. The van der Waals surface area contributed by atoms with E-state index in [0.717, 1.165) is 20.6 Å². The molecule has 1 N–H and O–H groups in total. The predicted molar refractivity (Wildman–Crippen MR) is 105 cm³/mol. The van der Waals surface area contributed by atoms with Gasteiger partial charge in [-0.15, -0.1) is 6.42 Å². The third-order valence-corrected chi connectivity index (χ3v) is 4.06. The number of halogens is 1. The maximum absolute atomic E-state index is 5.70. The van der Waals surface area contributed by atoms with Crippen LogP contribution in [0.25, 0.3) is 0 Å². The van der Waals surface area contributed by atoms with Crippen LogP contribution in [-0.4, -0.2) is 20.3 Å². The zero-order chi connectivity index (χ0) is 17.4. The molecular formula is C19H20INO3. The molecule has 0 saturated carbocycles. The second-order valence-electron chi connectivity index (χ2n) is 4.91. The van der Waals surface area contributed by atoms with Crippen LogP contribution in [0.3, 0.4) is 0 Å². The highest BCUT2D eigenvalue weighted by molar-refractivity contribution is 14.1. The van der Waals surface area contributed by atoms with Crippen LogP contribution in [0.15, 0.2) is 36.4 Å². The molecule has 4 nitrogen and oxygen atoms in total. The first-order chi connectivity index (χ1) is 11.7. The minimum atomic E-state index is 0.222. The van der Waals surface area contributed by atoms with E-state index >= 15 is 0 Å². The van der Waals surface area contributed by atoms with Gasteiger partial charge in [-0.2, -0.15) is 0 Å². The molecule has 0 unspecified atom stereocenters. The number of ether oxygens (including phenoxy) is 3. The van der Waals surface area contributed by atoms with Crippen LogP contribution in [0.2, 0.25) is 0 Å². The standard InChI is InChI=1S/C19H20INO3/c1-4-10-24-19-17(20)11-14(12-18(19)23-5-2)13-21-15-6-8-16(22-3)9-7-15/h1,6-9,11-12,21H,5,10,13H2,2-3H3. The third kappa shape index (κ3) is 4.96. The maximum atomic E-state index is 5.70. The fraction of sp³-hybridized carbons (Fsp3) is 0.263. The second-order valence-corrected chi connectivity index (χ2v) is 6.07. The molecule has 0 aliphatic heterocycles. The summed E-state index contributed by atoms with van der Waals surface area (Å²) in [6, 6.07) is 11.9. The molecule has 126 valence electrons. The Labute approximate surface area is 156 Å². The number of nitrogens with one attached hydrogen (secondary N) is 1. The van der Waals surface area contributed by atoms with Gasteiger partial charge in [0.2, 0.25) is 0 Å². The van der Waals surface area contributed by atoms with E-state index in [2.05, 4.69) is 39.9 Å². The van der Waals surface area contributed by atoms with Gasteiger partial charge in [-0.3, -0.25) is 0 Å². The average molecular weight is 437 g/mol. The van der Waals surface area contributed by atoms with Gasteiger partial charge in [0, 0.05) is 12.2 Å². The lowest BCUT2D eigenvalue weighted by Gasteiger charge is -2.15. The number of benzene rings is 2. The molecule has 0 aromatic heterocycles. The van der Waals surface area contributed by atoms with Gasteiger partial charge in [0.1, 0.15) is 12.4 Å². The fourth-order valence-corrected chi connectivity index (χ4v) is 2.97. The van der Waals surface area contributed by atoms with E-state index < -0.39 is 0 Å². The van der Waals surface area contributed by atoms with Crippen molar-refractivity contribution in [1.29, 1.82) is 0 Å². The van der Waals surface area contributed by atoms with Gasteiger partial charge in [0.15, 0.2) is 11.5 Å². The van der Waals surface area contributed by atoms with E-state index in [-0.39, 0.29) is 6.61 Å². The molecule has 0 aliphatic rings. The Balaban J connectivity index is 2.13. The summed E-state index contributed by atoms with van der Waals surface area (Å²) in [7, 11) is 1.66. The number of hydrogen-bond donors (Lipinski definition) is 1. The highest BCUT2D eigenvalue weighted by Crippen LogP contribution is 2.34. The first-order valence-electron chi connectivity index (χ1n) is 7.57. The predicted octanol–water partition coefficient (Wildman–Crippen LogP) is 4.32. The van der Waals surface area contributed by atoms with E-state index in [1.165, 1.54) is 0 Å².